The van der Waals surface area contributed by atoms with E-state index in [0.29, 0.717) is 28.8 Å². The molecule has 1 unspecified atom stereocenters. The van der Waals surface area contributed by atoms with Gasteiger partial charge in [0.25, 0.3) is 0 Å². The molecular formula is C22H21N3O3S. The summed E-state index contributed by atoms with van der Waals surface area (Å²) < 4.78 is 11.1. The number of aromatic amines is 1. The van der Waals surface area contributed by atoms with Gasteiger partial charge < -0.3 is 19.1 Å². The Kier molecular flexibility index (Phi) is 5.57. The molecule has 4 aromatic rings. The SMILES string of the molecule is CCC(Sc1nc(-c2ccco2)c(-c2ccco2)[nH]1)C(=O)Nc1ccc(C)cc1. The highest BCUT2D eigenvalue weighted by Gasteiger charge is 2.23. The second-order valence-electron chi connectivity index (χ2n) is 6.59. The number of nitrogens with zero attached hydrogens (tertiary/aromatic N) is 1. The summed E-state index contributed by atoms with van der Waals surface area (Å²) in [5.74, 6) is 1.24. The number of amides is 1. The minimum absolute atomic E-state index is 0.0585. The third kappa shape index (κ3) is 4.30. The van der Waals surface area contributed by atoms with Crippen LogP contribution in [0.25, 0.3) is 22.9 Å². The Bertz CT molecular complexity index is 1020. The van der Waals surface area contributed by atoms with Gasteiger partial charge in [0.05, 0.1) is 17.8 Å². The summed E-state index contributed by atoms with van der Waals surface area (Å²) >= 11 is 1.39. The maximum absolute atomic E-state index is 12.8. The molecule has 2 N–H and O–H groups in total. The zero-order valence-corrected chi connectivity index (χ0v) is 17.0. The van der Waals surface area contributed by atoms with E-state index in [1.807, 2.05) is 62.4 Å². The van der Waals surface area contributed by atoms with Crippen LogP contribution in [-0.4, -0.2) is 21.1 Å². The van der Waals surface area contributed by atoms with Crippen LogP contribution in [0, 0.1) is 6.92 Å². The minimum Gasteiger partial charge on any atom is -0.463 e. The first-order valence-corrected chi connectivity index (χ1v) is 10.2. The van der Waals surface area contributed by atoms with Crippen molar-refractivity contribution in [3.05, 3.63) is 66.6 Å². The van der Waals surface area contributed by atoms with Crippen molar-refractivity contribution in [2.45, 2.75) is 30.7 Å². The van der Waals surface area contributed by atoms with Gasteiger partial charge in [-0.1, -0.05) is 36.4 Å². The molecule has 0 fully saturated rings. The van der Waals surface area contributed by atoms with Crippen LogP contribution in [0.4, 0.5) is 5.69 Å². The number of hydrogen-bond donors (Lipinski definition) is 2. The maximum Gasteiger partial charge on any atom is 0.237 e. The molecule has 1 amide bonds. The molecule has 4 rings (SSSR count). The topological polar surface area (TPSA) is 84.1 Å². The molecule has 0 aliphatic rings. The normalized spacial score (nSPS) is 12.1. The summed E-state index contributed by atoms with van der Waals surface area (Å²) in [6.07, 6.45) is 3.88. The Hall–Kier alpha value is -3.19. The molecule has 0 aliphatic heterocycles. The Morgan fingerprint density at radius 1 is 1.10 bits per heavy atom. The second-order valence-corrected chi connectivity index (χ2v) is 7.78. The maximum atomic E-state index is 12.8. The lowest BCUT2D eigenvalue weighted by Gasteiger charge is -2.13. The van der Waals surface area contributed by atoms with Crippen molar-refractivity contribution in [2.75, 3.05) is 5.32 Å². The summed E-state index contributed by atoms with van der Waals surface area (Å²) in [7, 11) is 0. The van der Waals surface area contributed by atoms with E-state index in [-0.39, 0.29) is 11.2 Å². The Morgan fingerprint density at radius 3 is 2.41 bits per heavy atom. The zero-order valence-electron chi connectivity index (χ0n) is 16.1. The number of benzene rings is 1. The molecule has 29 heavy (non-hydrogen) atoms. The summed E-state index contributed by atoms with van der Waals surface area (Å²) in [6.45, 7) is 4.00. The Labute approximate surface area is 172 Å². The van der Waals surface area contributed by atoms with Crippen molar-refractivity contribution in [3.63, 3.8) is 0 Å². The van der Waals surface area contributed by atoms with Gasteiger partial charge in [-0.2, -0.15) is 0 Å². The summed E-state index contributed by atoms with van der Waals surface area (Å²) in [5.41, 5.74) is 3.31. The van der Waals surface area contributed by atoms with Gasteiger partial charge in [-0.3, -0.25) is 4.79 Å². The number of carbonyl (C=O) groups excluding carboxylic acids is 1. The molecule has 7 heteroatoms. The smallest absolute Gasteiger partial charge is 0.237 e. The molecule has 0 radical (unpaired) electrons. The first-order chi connectivity index (χ1) is 14.1. The fraction of sp³-hybridized carbons (Fsp3) is 0.182. The number of anilines is 1. The van der Waals surface area contributed by atoms with E-state index in [0.717, 1.165) is 16.9 Å². The van der Waals surface area contributed by atoms with Crippen LogP contribution in [0.5, 0.6) is 0 Å². The van der Waals surface area contributed by atoms with Crippen molar-refractivity contribution in [3.8, 4) is 22.9 Å². The molecule has 0 spiro atoms. The van der Waals surface area contributed by atoms with Gasteiger partial charge in [0.2, 0.25) is 5.91 Å². The predicted octanol–water partition coefficient (Wildman–Crippen LogP) is 5.75. The molecular weight excluding hydrogens is 386 g/mol. The lowest BCUT2D eigenvalue weighted by Crippen LogP contribution is -2.24. The number of aromatic nitrogens is 2. The predicted molar refractivity (Wildman–Crippen MR) is 114 cm³/mol. The zero-order chi connectivity index (χ0) is 20.2. The summed E-state index contributed by atoms with van der Waals surface area (Å²) in [4.78, 5) is 20.7. The van der Waals surface area contributed by atoms with Crippen LogP contribution in [0.3, 0.4) is 0 Å². The van der Waals surface area contributed by atoms with Crippen molar-refractivity contribution in [2.24, 2.45) is 0 Å². The number of thioether (sulfide) groups is 1. The monoisotopic (exact) mass is 407 g/mol. The number of hydrogen-bond acceptors (Lipinski definition) is 5. The van der Waals surface area contributed by atoms with Crippen LogP contribution in [0.15, 0.2) is 75.0 Å². The molecule has 0 saturated heterocycles. The average Bonchev–Trinajstić information content (AvgIpc) is 3.47. The van der Waals surface area contributed by atoms with Crippen molar-refractivity contribution in [1.82, 2.24) is 9.97 Å². The molecule has 148 valence electrons. The van der Waals surface area contributed by atoms with E-state index in [9.17, 15) is 4.79 Å². The average molecular weight is 407 g/mol. The van der Waals surface area contributed by atoms with E-state index in [2.05, 4.69) is 15.3 Å². The van der Waals surface area contributed by atoms with Gasteiger partial charge in [0, 0.05) is 5.69 Å². The fourth-order valence-electron chi connectivity index (χ4n) is 2.91. The van der Waals surface area contributed by atoms with E-state index in [1.54, 1.807) is 12.5 Å². The molecule has 1 atom stereocenters. The van der Waals surface area contributed by atoms with Crippen molar-refractivity contribution in [1.29, 1.82) is 0 Å². The van der Waals surface area contributed by atoms with E-state index in [4.69, 9.17) is 8.83 Å². The van der Waals surface area contributed by atoms with Crippen LogP contribution >= 0.6 is 11.8 Å². The van der Waals surface area contributed by atoms with Gasteiger partial charge in [0.1, 0.15) is 11.4 Å². The highest BCUT2D eigenvalue weighted by molar-refractivity contribution is 8.00. The number of nitrogens with one attached hydrogen (secondary N) is 2. The van der Waals surface area contributed by atoms with E-state index in [1.165, 1.54) is 11.8 Å². The Morgan fingerprint density at radius 2 is 1.79 bits per heavy atom. The number of imidazole rings is 1. The number of aryl methyl sites for hydroxylation is 1. The Balaban J connectivity index is 1.56. The number of H-pyrrole nitrogens is 1. The fourth-order valence-corrected chi connectivity index (χ4v) is 3.82. The van der Waals surface area contributed by atoms with Crippen LogP contribution in [0.1, 0.15) is 18.9 Å². The largest absolute Gasteiger partial charge is 0.463 e. The van der Waals surface area contributed by atoms with E-state index >= 15 is 0 Å². The molecule has 3 aromatic heterocycles. The first-order valence-electron chi connectivity index (χ1n) is 9.36. The lowest BCUT2D eigenvalue weighted by molar-refractivity contribution is -0.115. The number of carbonyl (C=O) groups is 1. The highest BCUT2D eigenvalue weighted by atomic mass is 32.2. The minimum atomic E-state index is -0.295. The van der Waals surface area contributed by atoms with Gasteiger partial charge >= 0.3 is 0 Å². The molecule has 0 aliphatic carbocycles. The van der Waals surface area contributed by atoms with Crippen molar-refractivity contribution >= 4 is 23.4 Å². The van der Waals surface area contributed by atoms with Crippen LogP contribution in [-0.2, 0) is 4.79 Å². The highest BCUT2D eigenvalue weighted by Crippen LogP contribution is 2.35. The molecule has 1 aromatic carbocycles. The van der Waals surface area contributed by atoms with Gasteiger partial charge in [-0.25, -0.2) is 4.98 Å². The lowest BCUT2D eigenvalue weighted by atomic mass is 10.2. The summed E-state index contributed by atoms with van der Waals surface area (Å²) in [5, 5.41) is 3.32. The summed E-state index contributed by atoms with van der Waals surface area (Å²) in [6, 6.07) is 15.1. The van der Waals surface area contributed by atoms with Gasteiger partial charge in [-0.15, -0.1) is 0 Å². The third-order valence-electron chi connectivity index (χ3n) is 4.44. The van der Waals surface area contributed by atoms with E-state index < -0.39 is 0 Å². The van der Waals surface area contributed by atoms with Crippen molar-refractivity contribution < 1.29 is 13.6 Å². The molecule has 0 saturated carbocycles. The molecule has 0 bridgehead atoms. The first kappa shape index (κ1) is 19.1. The number of furan rings is 2. The van der Waals surface area contributed by atoms with Crippen LogP contribution in [0.2, 0.25) is 0 Å². The van der Waals surface area contributed by atoms with Gasteiger partial charge in [-0.05, 0) is 49.7 Å². The standard InChI is InChI=1S/C22H21N3O3S/c1-3-18(21(26)23-15-10-8-14(2)9-11-15)29-22-24-19(16-6-4-12-27-16)20(25-22)17-7-5-13-28-17/h4-13,18H,3H2,1-2H3,(H,23,26)(H,24,25). The van der Waals surface area contributed by atoms with Gasteiger partial charge in [0.15, 0.2) is 16.7 Å². The number of rotatable bonds is 7. The van der Waals surface area contributed by atoms with Crippen LogP contribution < -0.4 is 5.32 Å². The third-order valence-corrected chi connectivity index (χ3v) is 5.69. The second kappa shape index (κ2) is 8.45. The quantitative estimate of drug-likeness (QED) is 0.381. The molecule has 6 nitrogen and oxygen atoms in total. The molecule has 3 heterocycles.